The van der Waals surface area contributed by atoms with Crippen LogP contribution in [-0.4, -0.2) is 36.3 Å². The number of fused-ring (bicyclic) bond motifs is 5. The molecule has 0 spiro atoms. The number of carbonyl (C=O) groups is 2. The van der Waals surface area contributed by atoms with Crippen molar-refractivity contribution in [2.24, 2.45) is 22.7 Å². The summed E-state index contributed by atoms with van der Waals surface area (Å²) in [6, 6.07) is 3.77. The van der Waals surface area contributed by atoms with Crippen LogP contribution < -0.4 is 5.32 Å². The van der Waals surface area contributed by atoms with E-state index in [1.54, 1.807) is 0 Å². The molecule has 0 radical (unpaired) electrons. The first-order valence-electron chi connectivity index (χ1n) is 13.7. The molecular weight excluding hydrogens is 511 g/mol. The smallest absolute Gasteiger partial charge is 0.416 e. The van der Waals surface area contributed by atoms with Gasteiger partial charge in [0.2, 0.25) is 5.60 Å². The molecule has 39 heavy (non-hydrogen) atoms. The highest BCUT2D eigenvalue weighted by molar-refractivity contribution is 5.93. The molecular formula is C30H34F3NO5. The van der Waals surface area contributed by atoms with Crippen LogP contribution in [0.2, 0.25) is 0 Å². The van der Waals surface area contributed by atoms with Crippen molar-refractivity contribution in [1.82, 2.24) is 0 Å². The number of halogens is 3. The van der Waals surface area contributed by atoms with Crippen molar-refractivity contribution in [3.8, 4) is 0 Å². The van der Waals surface area contributed by atoms with Crippen molar-refractivity contribution in [2.45, 2.75) is 82.9 Å². The average Bonchev–Trinajstić information content (AvgIpc) is 3.21. The zero-order chi connectivity index (χ0) is 27.8. The summed E-state index contributed by atoms with van der Waals surface area (Å²) in [5.74, 6) is -0.810. The molecule has 2 saturated heterocycles. The fraction of sp³-hybridized carbons (Fsp3) is 0.600. The number of esters is 2. The molecule has 2 bridgehead atoms. The van der Waals surface area contributed by atoms with E-state index < -0.39 is 46.3 Å². The van der Waals surface area contributed by atoms with E-state index in [0.29, 0.717) is 36.9 Å². The van der Waals surface area contributed by atoms with E-state index in [0.717, 1.165) is 12.5 Å². The normalized spacial score (nSPS) is 38.0. The lowest BCUT2D eigenvalue weighted by Gasteiger charge is -2.47. The van der Waals surface area contributed by atoms with E-state index in [2.05, 4.69) is 17.5 Å². The molecule has 6 nitrogen and oxygen atoms in total. The number of rotatable bonds is 4. The molecule has 5 aliphatic rings. The summed E-state index contributed by atoms with van der Waals surface area (Å²) in [7, 11) is 0. The van der Waals surface area contributed by atoms with E-state index >= 15 is 0 Å². The van der Waals surface area contributed by atoms with Gasteiger partial charge in [-0.05, 0) is 57.2 Å². The minimum absolute atomic E-state index is 0.00214. The van der Waals surface area contributed by atoms with Crippen LogP contribution in [0, 0.1) is 22.7 Å². The van der Waals surface area contributed by atoms with Crippen LogP contribution in [0.25, 0.3) is 0 Å². The highest BCUT2D eigenvalue weighted by Crippen LogP contribution is 2.66. The Hall–Kier alpha value is -2.81. The summed E-state index contributed by atoms with van der Waals surface area (Å²) >= 11 is 0. The van der Waals surface area contributed by atoms with Crippen molar-refractivity contribution in [2.75, 3.05) is 11.9 Å². The molecule has 0 amide bonds. The highest BCUT2D eigenvalue weighted by atomic mass is 19.4. The summed E-state index contributed by atoms with van der Waals surface area (Å²) < 4.78 is 58.7. The molecule has 0 aromatic heterocycles. The van der Waals surface area contributed by atoms with Crippen LogP contribution in [0.15, 0.2) is 42.5 Å². The van der Waals surface area contributed by atoms with E-state index in [-0.39, 0.29) is 30.5 Å². The Kier molecular flexibility index (Phi) is 5.99. The standard InChI is InChI=1S/C30H34F3NO5/c1-27(2)28(3)13-14-29(27,39-25(28)35)26(36)37-16-19-10-11-20-23(17-7-5-4-6-8-17)34-22-12-9-18(30(31,32)33)15-21(22)24(20)38-19/h4-7,9,12,15,17,19-20,23-24,34H,8,10-11,13-14,16H2,1-3H3/t17?,19-,20+,23+,24+,28?,29?/m1/s1. The Morgan fingerprint density at radius 2 is 1.95 bits per heavy atom. The summed E-state index contributed by atoms with van der Waals surface area (Å²) in [5.41, 5.74) is -2.39. The van der Waals surface area contributed by atoms with E-state index in [9.17, 15) is 22.8 Å². The number of carbonyl (C=O) groups excluding carboxylic acids is 2. The molecule has 1 saturated carbocycles. The second-order valence-corrected chi connectivity index (χ2v) is 12.4. The lowest BCUT2D eigenvalue weighted by Crippen LogP contribution is -2.50. The Morgan fingerprint density at radius 3 is 2.59 bits per heavy atom. The van der Waals surface area contributed by atoms with E-state index in [4.69, 9.17) is 14.2 Å². The van der Waals surface area contributed by atoms with Crippen molar-refractivity contribution in [3.05, 3.63) is 53.6 Å². The van der Waals surface area contributed by atoms with E-state index in [1.807, 2.05) is 32.9 Å². The van der Waals surface area contributed by atoms with Gasteiger partial charge in [0, 0.05) is 34.5 Å². The third-order valence-corrected chi connectivity index (χ3v) is 10.3. The van der Waals surface area contributed by atoms with Gasteiger partial charge in [-0.25, -0.2) is 4.79 Å². The lowest BCUT2D eigenvalue weighted by molar-refractivity contribution is -0.189. The quantitative estimate of drug-likeness (QED) is 0.459. The van der Waals surface area contributed by atoms with Crippen molar-refractivity contribution in [1.29, 1.82) is 0 Å². The SMILES string of the molecule is CC12CCC(C(=O)OC[C@H]3CC[C@@H]4[C@H](O3)c3cc(C(F)(F)F)ccc3N[C@H]4C3C=CC=CC3)(OC1=O)C2(C)C. The number of hydrogen-bond acceptors (Lipinski definition) is 6. The zero-order valence-corrected chi connectivity index (χ0v) is 22.3. The maximum Gasteiger partial charge on any atom is 0.416 e. The molecule has 1 aromatic rings. The first-order chi connectivity index (χ1) is 18.4. The molecule has 3 unspecified atom stereocenters. The molecule has 1 aromatic carbocycles. The minimum atomic E-state index is -4.47. The largest absolute Gasteiger partial charge is 0.460 e. The Labute approximate surface area is 225 Å². The van der Waals surface area contributed by atoms with Gasteiger partial charge in [-0.1, -0.05) is 38.2 Å². The Bertz CT molecular complexity index is 1260. The first-order valence-corrected chi connectivity index (χ1v) is 13.7. The van der Waals surface area contributed by atoms with Crippen LogP contribution in [-0.2, 0) is 30.0 Å². The van der Waals surface area contributed by atoms with Crippen molar-refractivity contribution >= 4 is 17.6 Å². The van der Waals surface area contributed by atoms with Gasteiger partial charge in [-0.3, -0.25) is 4.79 Å². The average molecular weight is 546 g/mol. The van der Waals surface area contributed by atoms with Crippen LogP contribution in [0.1, 0.15) is 70.1 Å². The van der Waals surface area contributed by atoms with Crippen molar-refractivity contribution in [3.63, 3.8) is 0 Å². The number of nitrogens with one attached hydrogen (secondary N) is 1. The summed E-state index contributed by atoms with van der Waals surface area (Å²) in [6.07, 6.45) is 5.81. The Morgan fingerprint density at radius 1 is 1.15 bits per heavy atom. The van der Waals surface area contributed by atoms with Gasteiger partial charge in [0.1, 0.15) is 6.61 Å². The molecule has 3 fully saturated rings. The van der Waals surface area contributed by atoms with Crippen LogP contribution >= 0.6 is 0 Å². The third kappa shape index (κ3) is 3.86. The summed E-state index contributed by atoms with van der Waals surface area (Å²) in [4.78, 5) is 25.9. The number of hydrogen-bond donors (Lipinski definition) is 1. The molecule has 3 heterocycles. The van der Waals surface area contributed by atoms with Crippen LogP contribution in [0.3, 0.4) is 0 Å². The van der Waals surface area contributed by atoms with E-state index in [1.165, 1.54) is 12.1 Å². The predicted molar refractivity (Wildman–Crippen MR) is 136 cm³/mol. The maximum atomic E-state index is 13.6. The summed E-state index contributed by atoms with van der Waals surface area (Å²) in [6.45, 7) is 5.52. The molecule has 6 rings (SSSR count). The molecule has 2 aliphatic carbocycles. The fourth-order valence-electron chi connectivity index (χ4n) is 7.37. The maximum absolute atomic E-state index is 13.6. The van der Waals surface area contributed by atoms with Gasteiger partial charge in [0.25, 0.3) is 0 Å². The number of allylic oxidation sites excluding steroid dienone is 3. The van der Waals surface area contributed by atoms with Gasteiger partial charge in [-0.15, -0.1) is 0 Å². The molecule has 9 heteroatoms. The summed E-state index contributed by atoms with van der Waals surface area (Å²) in [5, 5.41) is 3.51. The highest BCUT2D eigenvalue weighted by Gasteiger charge is 2.76. The second-order valence-electron chi connectivity index (χ2n) is 12.4. The minimum Gasteiger partial charge on any atom is -0.460 e. The fourth-order valence-corrected chi connectivity index (χ4v) is 7.37. The van der Waals surface area contributed by atoms with Gasteiger partial charge < -0.3 is 19.5 Å². The lowest BCUT2D eigenvalue weighted by atomic mass is 9.66. The zero-order valence-electron chi connectivity index (χ0n) is 22.3. The second kappa shape index (κ2) is 8.85. The van der Waals surface area contributed by atoms with Gasteiger partial charge in [0.15, 0.2) is 0 Å². The molecule has 7 atom stereocenters. The number of benzene rings is 1. The molecule has 210 valence electrons. The Balaban J connectivity index is 1.22. The molecule has 3 aliphatic heterocycles. The van der Waals surface area contributed by atoms with Crippen LogP contribution in [0.4, 0.5) is 18.9 Å². The number of anilines is 1. The van der Waals surface area contributed by atoms with Gasteiger partial charge in [-0.2, -0.15) is 13.2 Å². The first kappa shape index (κ1) is 26.4. The predicted octanol–water partition coefficient (Wildman–Crippen LogP) is 6.13. The van der Waals surface area contributed by atoms with Gasteiger partial charge >= 0.3 is 18.1 Å². The molecule has 1 N–H and O–H groups in total. The van der Waals surface area contributed by atoms with Gasteiger partial charge in [0.05, 0.1) is 23.2 Å². The third-order valence-electron chi connectivity index (χ3n) is 10.3. The van der Waals surface area contributed by atoms with Crippen molar-refractivity contribution < 1.29 is 37.0 Å². The number of alkyl halides is 3. The monoisotopic (exact) mass is 545 g/mol. The van der Waals surface area contributed by atoms with Crippen LogP contribution in [0.5, 0.6) is 0 Å². The number of ether oxygens (including phenoxy) is 3. The topological polar surface area (TPSA) is 73.9 Å².